The van der Waals surface area contributed by atoms with Crippen molar-refractivity contribution >= 4 is 5.69 Å². The summed E-state index contributed by atoms with van der Waals surface area (Å²) in [7, 11) is 1.72. The van der Waals surface area contributed by atoms with Gasteiger partial charge in [0.15, 0.2) is 5.82 Å². The first-order chi connectivity index (χ1) is 15.7. The number of aromatic nitrogens is 4. The smallest absolute Gasteiger partial charge is 0.173 e. The van der Waals surface area contributed by atoms with Gasteiger partial charge in [-0.3, -0.25) is 4.90 Å². The van der Waals surface area contributed by atoms with Gasteiger partial charge in [0.2, 0.25) is 0 Å². The maximum atomic E-state index is 5.42. The Bertz CT molecular complexity index is 1020. The Balaban J connectivity index is 1.41. The Morgan fingerprint density at radius 2 is 1.72 bits per heavy atom. The van der Waals surface area contributed by atoms with Gasteiger partial charge in [-0.15, -0.1) is 5.10 Å². The average Bonchev–Trinajstić information content (AvgIpc) is 3.53. The van der Waals surface area contributed by atoms with Crippen LogP contribution in [-0.2, 0) is 0 Å². The van der Waals surface area contributed by atoms with Crippen molar-refractivity contribution in [2.75, 3.05) is 38.2 Å². The zero-order valence-electron chi connectivity index (χ0n) is 19.0. The number of piperazine rings is 1. The number of hydrogen-bond acceptors (Lipinski definition) is 6. The lowest BCUT2D eigenvalue weighted by molar-refractivity contribution is 0.197. The maximum Gasteiger partial charge on any atom is 0.173 e. The largest absolute Gasteiger partial charge is 0.497 e. The molecule has 1 aliphatic heterocycles. The van der Waals surface area contributed by atoms with Crippen molar-refractivity contribution in [1.82, 2.24) is 25.1 Å². The highest BCUT2D eigenvalue weighted by atomic mass is 16.5. The second-order valence-corrected chi connectivity index (χ2v) is 8.96. The number of rotatable bonds is 6. The van der Waals surface area contributed by atoms with Gasteiger partial charge in [0, 0.05) is 37.9 Å². The second kappa shape index (κ2) is 9.28. The first-order valence-corrected chi connectivity index (χ1v) is 11.7. The highest BCUT2D eigenvalue weighted by Gasteiger charge is 2.33. The summed E-state index contributed by atoms with van der Waals surface area (Å²) < 4.78 is 7.54. The lowest BCUT2D eigenvalue weighted by atomic mass is 10.0. The minimum atomic E-state index is 0.0682. The molecular formula is C25H32N6O. The van der Waals surface area contributed by atoms with E-state index in [4.69, 9.17) is 4.74 Å². The molecule has 3 aromatic rings. The Morgan fingerprint density at radius 3 is 2.44 bits per heavy atom. The number of nitrogens with zero attached hydrogens (tertiary/aromatic N) is 6. The summed E-state index contributed by atoms with van der Waals surface area (Å²) in [5, 5.41) is 13.1. The van der Waals surface area contributed by atoms with Crippen molar-refractivity contribution in [3.05, 3.63) is 65.5 Å². The molecule has 0 bridgehead atoms. The molecule has 2 aliphatic rings. The number of ether oxygens (including phenoxy) is 1. The number of aryl methyl sites for hydroxylation is 1. The van der Waals surface area contributed by atoms with Crippen LogP contribution in [0.4, 0.5) is 5.69 Å². The van der Waals surface area contributed by atoms with E-state index >= 15 is 0 Å². The van der Waals surface area contributed by atoms with Crippen LogP contribution in [0.2, 0.25) is 0 Å². The minimum Gasteiger partial charge on any atom is -0.497 e. The van der Waals surface area contributed by atoms with Crippen LogP contribution < -0.4 is 9.64 Å². The number of hydrogen-bond donors (Lipinski definition) is 0. The number of tetrazole rings is 1. The van der Waals surface area contributed by atoms with E-state index in [2.05, 4.69) is 79.4 Å². The molecule has 1 aliphatic carbocycles. The van der Waals surface area contributed by atoms with Gasteiger partial charge < -0.3 is 9.64 Å². The zero-order chi connectivity index (χ0) is 21.9. The molecule has 0 radical (unpaired) electrons. The quantitative estimate of drug-likeness (QED) is 0.586. The normalized spacial score (nSPS) is 18.8. The van der Waals surface area contributed by atoms with Crippen LogP contribution in [0.25, 0.3) is 0 Å². The molecule has 1 saturated carbocycles. The van der Waals surface area contributed by atoms with Crippen molar-refractivity contribution in [2.45, 2.75) is 44.7 Å². The van der Waals surface area contributed by atoms with E-state index in [1.807, 2.05) is 6.07 Å². The van der Waals surface area contributed by atoms with Gasteiger partial charge in [-0.05, 0) is 47.9 Å². The van der Waals surface area contributed by atoms with E-state index in [1.54, 1.807) is 7.11 Å². The van der Waals surface area contributed by atoms with Crippen molar-refractivity contribution < 1.29 is 4.74 Å². The molecule has 2 aromatic carbocycles. The van der Waals surface area contributed by atoms with Crippen LogP contribution in [0.5, 0.6) is 5.75 Å². The lowest BCUT2D eigenvalue weighted by Crippen LogP contribution is -2.48. The Hall–Kier alpha value is -2.93. The third-order valence-electron chi connectivity index (χ3n) is 6.92. The summed E-state index contributed by atoms with van der Waals surface area (Å²) in [5.74, 6) is 1.88. The van der Waals surface area contributed by atoms with Crippen molar-refractivity contribution in [1.29, 1.82) is 0 Å². The summed E-state index contributed by atoms with van der Waals surface area (Å²) in [5.41, 5.74) is 3.75. The molecule has 32 heavy (non-hydrogen) atoms. The molecule has 0 spiro atoms. The van der Waals surface area contributed by atoms with Crippen molar-refractivity contribution in [3.8, 4) is 5.75 Å². The maximum absolute atomic E-state index is 5.42. The standard InChI is InChI=1S/C25H32N6O/c1-19-10-12-20(13-11-19)24(25-26-27-28-31(25)21-6-3-4-7-21)30-16-14-29(15-17-30)22-8-5-9-23(18-22)32-2/h5,8-13,18,21,24H,3-4,6-7,14-17H2,1-2H3. The molecule has 1 atom stereocenters. The van der Waals surface area contributed by atoms with Crippen LogP contribution in [0, 0.1) is 6.92 Å². The van der Waals surface area contributed by atoms with Gasteiger partial charge in [-0.1, -0.05) is 48.7 Å². The van der Waals surface area contributed by atoms with Gasteiger partial charge in [0.1, 0.15) is 5.75 Å². The van der Waals surface area contributed by atoms with Crippen LogP contribution in [0.15, 0.2) is 48.5 Å². The summed E-state index contributed by atoms with van der Waals surface area (Å²) in [6.07, 6.45) is 4.86. The van der Waals surface area contributed by atoms with E-state index in [9.17, 15) is 0 Å². The number of methoxy groups -OCH3 is 1. The molecule has 2 heterocycles. The summed E-state index contributed by atoms with van der Waals surface area (Å²) in [4.78, 5) is 4.98. The summed E-state index contributed by atoms with van der Waals surface area (Å²) >= 11 is 0. The fourth-order valence-electron chi connectivity index (χ4n) is 5.11. The summed E-state index contributed by atoms with van der Waals surface area (Å²) in [6, 6.07) is 17.7. The number of anilines is 1. The molecule has 1 unspecified atom stereocenters. The van der Waals surface area contributed by atoms with Crippen LogP contribution in [0.1, 0.15) is 54.7 Å². The Morgan fingerprint density at radius 1 is 0.969 bits per heavy atom. The molecule has 1 aromatic heterocycles. The monoisotopic (exact) mass is 432 g/mol. The van der Waals surface area contributed by atoms with E-state index in [0.717, 1.165) is 37.8 Å². The van der Waals surface area contributed by atoms with Crippen molar-refractivity contribution in [2.24, 2.45) is 0 Å². The lowest BCUT2D eigenvalue weighted by Gasteiger charge is -2.40. The first kappa shape index (κ1) is 20.9. The first-order valence-electron chi connectivity index (χ1n) is 11.7. The van der Waals surface area contributed by atoms with Gasteiger partial charge >= 0.3 is 0 Å². The minimum absolute atomic E-state index is 0.0682. The topological polar surface area (TPSA) is 59.3 Å². The molecule has 5 rings (SSSR count). The predicted molar refractivity (Wildman–Crippen MR) is 125 cm³/mol. The van der Waals surface area contributed by atoms with Gasteiger partial charge in [0.25, 0.3) is 0 Å². The molecule has 0 N–H and O–H groups in total. The fraction of sp³-hybridized carbons (Fsp3) is 0.480. The van der Waals surface area contributed by atoms with Crippen molar-refractivity contribution in [3.63, 3.8) is 0 Å². The molecule has 1 saturated heterocycles. The predicted octanol–water partition coefficient (Wildman–Crippen LogP) is 4.02. The Labute approximate surface area is 190 Å². The van der Waals surface area contributed by atoms with Gasteiger partial charge in [-0.2, -0.15) is 0 Å². The fourth-order valence-corrected chi connectivity index (χ4v) is 5.11. The van der Waals surface area contributed by atoms with Gasteiger partial charge in [-0.25, -0.2) is 4.68 Å². The molecular weight excluding hydrogens is 400 g/mol. The number of benzene rings is 2. The van der Waals surface area contributed by atoms with Crippen LogP contribution in [-0.4, -0.2) is 58.4 Å². The molecule has 7 heteroatoms. The van der Waals surface area contributed by atoms with E-state index < -0.39 is 0 Å². The van der Waals surface area contributed by atoms with E-state index in [-0.39, 0.29) is 6.04 Å². The molecule has 168 valence electrons. The molecule has 0 amide bonds. The van der Waals surface area contributed by atoms with Crippen LogP contribution in [0.3, 0.4) is 0 Å². The highest BCUT2D eigenvalue weighted by molar-refractivity contribution is 5.51. The third kappa shape index (κ3) is 4.21. The molecule has 7 nitrogen and oxygen atoms in total. The SMILES string of the molecule is COc1cccc(N2CCN(C(c3ccc(C)cc3)c3nnnn3C3CCCC3)CC2)c1. The average molecular weight is 433 g/mol. The zero-order valence-corrected chi connectivity index (χ0v) is 19.0. The summed E-state index contributed by atoms with van der Waals surface area (Å²) in [6.45, 7) is 5.95. The highest BCUT2D eigenvalue weighted by Crippen LogP contribution is 2.35. The Kier molecular flexibility index (Phi) is 6.08. The van der Waals surface area contributed by atoms with E-state index in [1.165, 1.54) is 42.5 Å². The van der Waals surface area contributed by atoms with Crippen LogP contribution >= 0.6 is 0 Å². The third-order valence-corrected chi connectivity index (χ3v) is 6.92. The second-order valence-electron chi connectivity index (χ2n) is 8.96. The van der Waals surface area contributed by atoms with Gasteiger partial charge in [0.05, 0.1) is 19.2 Å². The van der Waals surface area contributed by atoms with E-state index in [0.29, 0.717) is 6.04 Å². The molecule has 2 fully saturated rings.